The summed E-state index contributed by atoms with van der Waals surface area (Å²) in [6.07, 6.45) is 5.59. The molecular weight excluding hydrogens is 182 g/mol. The van der Waals surface area contributed by atoms with Crippen molar-refractivity contribution in [1.82, 2.24) is 5.32 Å². The average molecular weight is 207 g/mol. The fraction of sp³-hybridized carbons (Fsp3) is 0.857. The predicted molar refractivity (Wildman–Crippen MR) is 65.9 cm³/mol. The highest BCUT2D eigenvalue weighted by Gasteiger charge is 2.39. The van der Waals surface area contributed by atoms with E-state index in [1.54, 1.807) is 0 Å². The van der Waals surface area contributed by atoms with Gasteiger partial charge in [0.1, 0.15) is 0 Å². The summed E-state index contributed by atoms with van der Waals surface area (Å²) in [5, 5.41) is 3.34. The van der Waals surface area contributed by atoms with E-state index in [0.29, 0.717) is 5.41 Å². The second-order valence-electron chi connectivity index (χ2n) is 6.30. The van der Waals surface area contributed by atoms with Gasteiger partial charge in [0.15, 0.2) is 0 Å². The smallest absolute Gasteiger partial charge is 0.00139 e. The highest BCUT2D eigenvalue weighted by atomic mass is 14.8. The van der Waals surface area contributed by atoms with Crippen LogP contribution in [0.5, 0.6) is 0 Å². The fourth-order valence-corrected chi connectivity index (χ4v) is 3.42. The molecule has 0 aromatic rings. The van der Waals surface area contributed by atoms with E-state index in [9.17, 15) is 0 Å². The molecule has 2 aliphatic carbocycles. The Morgan fingerprint density at radius 2 is 1.80 bits per heavy atom. The lowest BCUT2D eigenvalue weighted by atomic mass is 9.60. The van der Waals surface area contributed by atoms with Crippen molar-refractivity contribution >= 4 is 0 Å². The Kier molecular flexibility index (Phi) is 2.94. The van der Waals surface area contributed by atoms with E-state index >= 15 is 0 Å². The van der Waals surface area contributed by atoms with E-state index in [2.05, 4.69) is 33.1 Å². The van der Waals surface area contributed by atoms with Crippen molar-refractivity contribution < 1.29 is 0 Å². The molecule has 86 valence electrons. The molecule has 15 heavy (non-hydrogen) atoms. The average Bonchev–Trinajstić information content (AvgIpc) is 2.06. The van der Waals surface area contributed by atoms with Gasteiger partial charge in [0.25, 0.3) is 0 Å². The lowest BCUT2D eigenvalue weighted by Gasteiger charge is -2.45. The monoisotopic (exact) mass is 207 g/mol. The molecule has 1 N–H and O–H groups in total. The highest BCUT2D eigenvalue weighted by Crippen LogP contribution is 2.51. The molecule has 0 bridgehead atoms. The number of hydrogen-bond acceptors (Lipinski definition) is 1. The predicted octanol–water partition coefficient (Wildman–Crippen LogP) is 3.37. The molecule has 0 spiro atoms. The van der Waals surface area contributed by atoms with Crippen molar-refractivity contribution in [2.45, 2.75) is 46.5 Å². The summed E-state index contributed by atoms with van der Waals surface area (Å²) in [7, 11) is 2.08. The number of nitrogens with one attached hydrogen (secondary N) is 1. The van der Waals surface area contributed by atoms with Crippen LogP contribution < -0.4 is 5.32 Å². The first kappa shape index (κ1) is 11.2. The lowest BCUT2D eigenvalue weighted by Crippen LogP contribution is -2.36. The van der Waals surface area contributed by atoms with Crippen molar-refractivity contribution in [3.63, 3.8) is 0 Å². The van der Waals surface area contributed by atoms with Crippen molar-refractivity contribution in [3.8, 4) is 0 Å². The standard InChI is InChI=1S/C14H25N/c1-14(2,3)13-8-5-10(9-15-4)11-6-7-12(11)13/h10,13,15H,5-9H2,1-4H3. The topological polar surface area (TPSA) is 12.0 Å². The third kappa shape index (κ3) is 1.99. The van der Waals surface area contributed by atoms with Gasteiger partial charge < -0.3 is 5.32 Å². The molecule has 0 radical (unpaired) electrons. The summed E-state index contributed by atoms with van der Waals surface area (Å²) in [5.41, 5.74) is 4.12. The van der Waals surface area contributed by atoms with Gasteiger partial charge in [0.05, 0.1) is 0 Å². The minimum absolute atomic E-state index is 0.478. The molecule has 0 saturated heterocycles. The van der Waals surface area contributed by atoms with Crippen molar-refractivity contribution in [1.29, 1.82) is 0 Å². The highest BCUT2D eigenvalue weighted by molar-refractivity contribution is 5.32. The minimum atomic E-state index is 0.478. The zero-order valence-corrected chi connectivity index (χ0v) is 10.7. The van der Waals surface area contributed by atoms with E-state index < -0.39 is 0 Å². The van der Waals surface area contributed by atoms with E-state index in [4.69, 9.17) is 0 Å². The van der Waals surface area contributed by atoms with Crippen LogP contribution in [0.25, 0.3) is 0 Å². The number of hydrogen-bond donors (Lipinski definition) is 1. The number of allylic oxidation sites excluding steroid dienone is 1. The van der Waals surface area contributed by atoms with Gasteiger partial charge in [-0.05, 0) is 50.0 Å². The first-order valence-electron chi connectivity index (χ1n) is 6.40. The first-order chi connectivity index (χ1) is 7.04. The van der Waals surface area contributed by atoms with E-state index in [-0.39, 0.29) is 0 Å². The molecule has 0 aromatic carbocycles. The Morgan fingerprint density at radius 1 is 1.13 bits per heavy atom. The summed E-state index contributed by atoms with van der Waals surface area (Å²) >= 11 is 0. The Hall–Kier alpha value is -0.300. The van der Waals surface area contributed by atoms with Crippen LogP contribution in [-0.4, -0.2) is 13.6 Å². The molecule has 2 atom stereocenters. The third-order valence-corrected chi connectivity index (χ3v) is 4.29. The normalized spacial score (nSPS) is 31.2. The lowest BCUT2D eigenvalue weighted by molar-refractivity contribution is 0.210. The van der Waals surface area contributed by atoms with Gasteiger partial charge in [-0.1, -0.05) is 31.9 Å². The maximum Gasteiger partial charge on any atom is 0.00139 e. The maximum atomic E-state index is 3.34. The fourth-order valence-electron chi connectivity index (χ4n) is 3.42. The van der Waals surface area contributed by atoms with Gasteiger partial charge in [0.2, 0.25) is 0 Å². The molecule has 0 heterocycles. The van der Waals surface area contributed by atoms with Crippen LogP contribution in [0.2, 0.25) is 0 Å². The van der Waals surface area contributed by atoms with Crippen LogP contribution in [0.4, 0.5) is 0 Å². The molecule has 0 amide bonds. The van der Waals surface area contributed by atoms with Crippen LogP contribution in [0.15, 0.2) is 11.1 Å². The molecule has 2 aliphatic rings. The molecular formula is C14H25N. The Morgan fingerprint density at radius 3 is 2.27 bits per heavy atom. The SMILES string of the molecule is CNCC1CCC(C(C)(C)C)C2=C1CC2. The van der Waals surface area contributed by atoms with Gasteiger partial charge in [-0.2, -0.15) is 0 Å². The molecule has 1 heteroatoms. The largest absolute Gasteiger partial charge is 0.319 e. The van der Waals surface area contributed by atoms with Crippen LogP contribution >= 0.6 is 0 Å². The zero-order valence-electron chi connectivity index (χ0n) is 10.7. The second kappa shape index (κ2) is 3.93. The third-order valence-electron chi connectivity index (χ3n) is 4.29. The summed E-state index contributed by atoms with van der Waals surface area (Å²) in [4.78, 5) is 0. The van der Waals surface area contributed by atoms with Crippen molar-refractivity contribution in [2.24, 2.45) is 17.3 Å². The number of rotatable bonds is 2. The Bertz CT molecular complexity index is 270. The van der Waals surface area contributed by atoms with Gasteiger partial charge in [-0.15, -0.1) is 0 Å². The van der Waals surface area contributed by atoms with Crippen LogP contribution in [0.3, 0.4) is 0 Å². The van der Waals surface area contributed by atoms with Crippen molar-refractivity contribution in [2.75, 3.05) is 13.6 Å². The summed E-state index contributed by atoms with van der Waals surface area (Å²) in [6.45, 7) is 8.40. The van der Waals surface area contributed by atoms with Crippen LogP contribution in [-0.2, 0) is 0 Å². The second-order valence-corrected chi connectivity index (χ2v) is 6.30. The summed E-state index contributed by atoms with van der Waals surface area (Å²) in [6, 6.07) is 0. The summed E-state index contributed by atoms with van der Waals surface area (Å²) in [5.74, 6) is 1.73. The maximum absolute atomic E-state index is 3.34. The molecule has 0 aromatic heterocycles. The summed E-state index contributed by atoms with van der Waals surface area (Å²) < 4.78 is 0. The van der Waals surface area contributed by atoms with Crippen molar-refractivity contribution in [3.05, 3.63) is 11.1 Å². The first-order valence-corrected chi connectivity index (χ1v) is 6.40. The molecule has 0 fully saturated rings. The Labute approximate surface area is 94.3 Å². The molecule has 2 unspecified atom stereocenters. The van der Waals surface area contributed by atoms with Gasteiger partial charge in [0, 0.05) is 6.54 Å². The molecule has 0 saturated carbocycles. The van der Waals surface area contributed by atoms with E-state index in [1.807, 2.05) is 11.1 Å². The van der Waals surface area contributed by atoms with Crippen LogP contribution in [0.1, 0.15) is 46.5 Å². The quantitative estimate of drug-likeness (QED) is 0.685. The van der Waals surface area contributed by atoms with E-state index in [1.165, 1.54) is 32.2 Å². The minimum Gasteiger partial charge on any atom is -0.319 e. The van der Waals surface area contributed by atoms with Crippen LogP contribution in [0, 0.1) is 17.3 Å². The van der Waals surface area contributed by atoms with E-state index in [0.717, 1.165) is 11.8 Å². The van der Waals surface area contributed by atoms with Gasteiger partial charge >= 0.3 is 0 Å². The van der Waals surface area contributed by atoms with Gasteiger partial charge in [-0.25, -0.2) is 0 Å². The molecule has 1 nitrogen and oxygen atoms in total. The Balaban J connectivity index is 2.16. The molecule has 2 rings (SSSR count). The van der Waals surface area contributed by atoms with Gasteiger partial charge in [-0.3, -0.25) is 0 Å². The molecule has 0 aliphatic heterocycles. The zero-order chi connectivity index (χ0) is 11.1.